The molecule has 1 aromatic carbocycles. The minimum atomic E-state index is 0.239. The van der Waals surface area contributed by atoms with Crippen LogP contribution in [0, 0.1) is 0 Å². The first-order valence-electron chi connectivity index (χ1n) is 4.10. The quantitative estimate of drug-likeness (QED) is 0.575. The molecule has 0 spiro atoms. The second-order valence-corrected chi connectivity index (χ2v) is 3.17. The largest absolute Gasteiger partial charge is 0.398 e. The van der Waals surface area contributed by atoms with Gasteiger partial charge in [0.2, 0.25) is 5.28 Å². The highest BCUT2D eigenvalue weighted by molar-refractivity contribution is 6.28. The van der Waals surface area contributed by atoms with E-state index in [-0.39, 0.29) is 5.28 Å². The van der Waals surface area contributed by atoms with Crippen LogP contribution in [0.2, 0.25) is 5.28 Å². The summed E-state index contributed by atoms with van der Waals surface area (Å²) >= 11 is 5.59. The van der Waals surface area contributed by atoms with E-state index in [1.807, 2.05) is 24.3 Å². The van der Waals surface area contributed by atoms with Crippen LogP contribution in [0.5, 0.6) is 0 Å². The number of aromatic nitrogens is 2. The van der Waals surface area contributed by atoms with E-state index < -0.39 is 0 Å². The molecule has 70 valence electrons. The molecule has 0 bridgehead atoms. The van der Waals surface area contributed by atoms with Gasteiger partial charge in [-0.2, -0.15) is 0 Å². The lowest BCUT2D eigenvalue weighted by Gasteiger charge is -2.03. The van der Waals surface area contributed by atoms with E-state index in [0.717, 1.165) is 11.1 Å². The maximum absolute atomic E-state index is 5.80. The molecule has 4 heteroatoms. The maximum atomic E-state index is 5.80. The lowest BCUT2D eigenvalue weighted by atomic mass is 10.1. The first-order chi connectivity index (χ1) is 6.77. The predicted molar refractivity (Wildman–Crippen MR) is 56.9 cm³/mol. The van der Waals surface area contributed by atoms with Gasteiger partial charge in [0.05, 0.1) is 0 Å². The Morgan fingerprint density at radius 1 is 1.07 bits per heavy atom. The Bertz CT molecular complexity index is 439. The molecule has 1 heterocycles. The number of halogens is 1. The van der Waals surface area contributed by atoms with Crippen molar-refractivity contribution in [1.29, 1.82) is 0 Å². The van der Waals surface area contributed by atoms with Crippen molar-refractivity contribution >= 4 is 17.3 Å². The zero-order valence-electron chi connectivity index (χ0n) is 7.31. The highest BCUT2D eigenvalue weighted by Crippen LogP contribution is 2.24. The Hall–Kier alpha value is -1.61. The van der Waals surface area contributed by atoms with Crippen LogP contribution in [-0.4, -0.2) is 9.97 Å². The molecule has 0 aliphatic rings. The summed E-state index contributed by atoms with van der Waals surface area (Å²) in [6, 6.07) is 7.56. The van der Waals surface area contributed by atoms with Gasteiger partial charge in [-0.1, -0.05) is 18.2 Å². The van der Waals surface area contributed by atoms with E-state index in [2.05, 4.69) is 9.97 Å². The molecule has 0 fully saturated rings. The van der Waals surface area contributed by atoms with Crippen LogP contribution in [-0.2, 0) is 0 Å². The van der Waals surface area contributed by atoms with Crippen molar-refractivity contribution in [2.45, 2.75) is 0 Å². The lowest BCUT2D eigenvalue weighted by molar-refractivity contribution is 1.17. The number of rotatable bonds is 1. The molecule has 2 aromatic rings. The summed E-state index contributed by atoms with van der Waals surface area (Å²) in [6.45, 7) is 0. The highest BCUT2D eigenvalue weighted by Gasteiger charge is 2.01. The fourth-order valence-corrected chi connectivity index (χ4v) is 1.31. The van der Waals surface area contributed by atoms with Crippen LogP contribution in [0.1, 0.15) is 0 Å². The summed E-state index contributed by atoms with van der Waals surface area (Å²) in [5.74, 6) is 0. The standard InChI is InChI=1S/C10H8ClN3/c11-10-13-5-7(6-14-10)8-3-1-2-4-9(8)12/h1-6H,12H2. The van der Waals surface area contributed by atoms with Gasteiger partial charge in [-0.25, -0.2) is 9.97 Å². The number of anilines is 1. The van der Waals surface area contributed by atoms with Gasteiger partial charge in [0, 0.05) is 29.2 Å². The van der Waals surface area contributed by atoms with Gasteiger partial charge in [0.15, 0.2) is 0 Å². The Balaban J connectivity index is 2.50. The van der Waals surface area contributed by atoms with Crippen LogP contribution in [0.25, 0.3) is 11.1 Å². The van der Waals surface area contributed by atoms with Crippen LogP contribution in [0.3, 0.4) is 0 Å². The molecule has 0 saturated carbocycles. The van der Waals surface area contributed by atoms with Crippen LogP contribution >= 0.6 is 11.6 Å². The van der Waals surface area contributed by atoms with E-state index in [1.165, 1.54) is 0 Å². The summed E-state index contributed by atoms with van der Waals surface area (Å²) < 4.78 is 0. The van der Waals surface area contributed by atoms with Crippen molar-refractivity contribution in [2.75, 3.05) is 5.73 Å². The third-order valence-corrected chi connectivity index (χ3v) is 2.09. The van der Waals surface area contributed by atoms with Gasteiger partial charge in [-0.3, -0.25) is 0 Å². The monoisotopic (exact) mass is 205 g/mol. The van der Waals surface area contributed by atoms with E-state index in [9.17, 15) is 0 Å². The number of hydrogen-bond acceptors (Lipinski definition) is 3. The number of nitrogens with two attached hydrogens (primary N) is 1. The molecule has 0 unspecified atom stereocenters. The van der Waals surface area contributed by atoms with Crippen LogP contribution in [0.4, 0.5) is 5.69 Å². The molecule has 1 aromatic heterocycles. The van der Waals surface area contributed by atoms with Crippen molar-refractivity contribution in [3.05, 3.63) is 41.9 Å². The normalized spacial score (nSPS) is 10.1. The molecular weight excluding hydrogens is 198 g/mol. The third-order valence-electron chi connectivity index (χ3n) is 1.89. The molecule has 2 rings (SSSR count). The topological polar surface area (TPSA) is 51.8 Å². The second-order valence-electron chi connectivity index (χ2n) is 2.83. The SMILES string of the molecule is Nc1ccccc1-c1cnc(Cl)nc1. The lowest BCUT2D eigenvalue weighted by Crippen LogP contribution is -1.90. The molecule has 0 aliphatic carbocycles. The molecule has 0 atom stereocenters. The Kier molecular flexibility index (Phi) is 2.33. The van der Waals surface area contributed by atoms with E-state index >= 15 is 0 Å². The van der Waals surface area contributed by atoms with Crippen LogP contribution < -0.4 is 5.73 Å². The van der Waals surface area contributed by atoms with Crippen molar-refractivity contribution in [2.24, 2.45) is 0 Å². The second kappa shape index (κ2) is 3.64. The Labute approximate surface area is 86.6 Å². The molecule has 3 nitrogen and oxygen atoms in total. The Morgan fingerprint density at radius 2 is 1.71 bits per heavy atom. The number of nitrogens with zero attached hydrogens (tertiary/aromatic N) is 2. The average Bonchev–Trinajstić information content (AvgIpc) is 2.20. The summed E-state index contributed by atoms with van der Waals surface area (Å²) in [5, 5.41) is 0.239. The minimum absolute atomic E-state index is 0.239. The number of benzene rings is 1. The van der Waals surface area contributed by atoms with E-state index in [4.69, 9.17) is 17.3 Å². The average molecular weight is 206 g/mol. The third kappa shape index (κ3) is 1.67. The van der Waals surface area contributed by atoms with Gasteiger partial charge < -0.3 is 5.73 Å². The van der Waals surface area contributed by atoms with Gasteiger partial charge in [-0.05, 0) is 17.7 Å². The number of hydrogen-bond donors (Lipinski definition) is 1. The maximum Gasteiger partial charge on any atom is 0.222 e. The van der Waals surface area contributed by atoms with Crippen molar-refractivity contribution in [3.63, 3.8) is 0 Å². The highest BCUT2D eigenvalue weighted by atomic mass is 35.5. The minimum Gasteiger partial charge on any atom is -0.398 e. The molecule has 0 radical (unpaired) electrons. The molecule has 14 heavy (non-hydrogen) atoms. The number of para-hydroxylation sites is 1. The summed E-state index contributed by atoms with van der Waals surface area (Å²) in [4.78, 5) is 7.79. The fourth-order valence-electron chi connectivity index (χ4n) is 1.21. The summed E-state index contributed by atoms with van der Waals surface area (Å²) in [6.07, 6.45) is 3.31. The van der Waals surface area contributed by atoms with Crippen LogP contribution in [0.15, 0.2) is 36.7 Å². The number of nitrogen functional groups attached to an aromatic ring is 1. The van der Waals surface area contributed by atoms with Gasteiger partial charge >= 0.3 is 0 Å². The first kappa shape index (κ1) is 8.97. The summed E-state index contributed by atoms with van der Waals surface area (Å²) in [7, 11) is 0. The zero-order valence-corrected chi connectivity index (χ0v) is 8.07. The van der Waals surface area contributed by atoms with E-state index in [0.29, 0.717) is 5.69 Å². The summed E-state index contributed by atoms with van der Waals surface area (Å²) in [5.41, 5.74) is 8.30. The van der Waals surface area contributed by atoms with Crippen molar-refractivity contribution < 1.29 is 0 Å². The van der Waals surface area contributed by atoms with Crippen molar-refractivity contribution in [1.82, 2.24) is 9.97 Å². The Morgan fingerprint density at radius 3 is 2.36 bits per heavy atom. The molecular formula is C10H8ClN3. The smallest absolute Gasteiger partial charge is 0.222 e. The zero-order chi connectivity index (χ0) is 9.97. The first-order valence-corrected chi connectivity index (χ1v) is 4.47. The van der Waals surface area contributed by atoms with Gasteiger partial charge in [0.1, 0.15) is 0 Å². The molecule has 0 amide bonds. The van der Waals surface area contributed by atoms with Gasteiger partial charge in [-0.15, -0.1) is 0 Å². The fraction of sp³-hybridized carbons (Fsp3) is 0. The molecule has 2 N–H and O–H groups in total. The van der Waals surface area contributed by atoms with Gasteiger partial charge in [0.25, 0.3) is 0 Å². The predicted octanol–water partition coefficient (Wildman–Crippen LogP) is 2.38. The van der Waals surface area contributed by atoms with Crippen molar-refractivity contribution in [3.8, 4) is 11.1 Å². The van der Waals surface area contributed by atoms with E-state index in [1.54, 1.807) is 12.4 Å². The molecule has 0 saturated heterocycles. The molecule has 0 aliphatic heterocycles.